The summed E-state index contributed by atoms with van der Waals surface area (Å²) in [6, 6.07) is 36.7. The van der Waals surface area contributed by atoms with Crippen LogP contribution in [0.4, 0.5) is 10.8 Å². The monoisotopic (exact) mass is 716 g/mol. The van der Waals surface area contributed by atoms with Gasteiger partial charge in [0.1, 0.15) is 16.7 Å². The van der Waals surface area contributed by atoms with Gasteiger partial charge in [0.2, 0.25) is 5.91 Å². The number of hydrogen-bond donors (Lipinski definition) is 3. The Bertz CT molecular complexity index is 2060. The maximum Gasteiger partial charge on any atom is 0.272 e. The molecule has 6 aromatic rings. The molecule has 11 heteroatoms. The second-order valence-corrected chi connectivity index (χ2v) is 13.8. The van der Waals surface area contributed by atoms with Gasteiger partial charge in [-0.3, -0.25) is 14.4 Å². The number of thioether (sulfide) groups is 1. The van der Waals surface area contributed by atoms with Crippen LogP contribution in [0.2, 0.25) is 0 Å². The number of thiophene rings is 1. The number of amides is 3. The highest BCUT2D eigenvalue weighted by atomic mass is 32.2. The SMILES string of the molecule is CCOc1ccc(/C=C(\NC(=O)c2ccccc2)C(=O)Nc2ccc(SC(C(=O)Nc3nc(-c4cccs4)cs3)c3ccccc3)cc2)cc1. The zero-order valence-electron chi connectivity index (χ0n) is 26.9. The molecule has 4 aromatic carbocycles. The van der Waals surface area contributed by atoms with Crippen molar-refractivity contribution in [3.63, 3.8) is 0 Å². The van der Waals surface area contributed by atoms with E-state index in [0.717, 1.165) is 21.0 Å². The lowest BCUT2D eigenvalue weighted by atomic mass is 10.1. The van der Waals surface area contributed by atoms with Gasteiger partial charge in [-0.25, -0.2) is 4.98 Å². The van der Waals surface area contributed by atoms with Crippen molar-refractivity contribution in [3.8, 4) is 16.3 Å². The van der Waals surface area contributed by atoms with E-state index in [-0.39, 0.29) is 11.6 Å². The van der Waals surface area contributed by atoms with Crippen LogP contribution in [0.3, 0.4) is 0 Å². The maximum atomic E-state index is 13.6. The largest absolute Gasteiger partial charge is 0.494 e. The van der Waals surface area contributed by atoms with Crippen LogP contribution in [0.25, 0.3) is 16.6 Å². The molecule has 2 heterocycles. The quantitative estimate of drug-likeness (QED) is 0.0813. The molecule has 2 aromatic heterocycles. The first-order valence-corrected chi connectivity index (χ1v) is 18.3. The average Bonchev–Trinajstić information content (AvgIpc) is 3.86. The zero-order chi connectivity index (χ0) is 34.7. The van der Waals surface area contributed by atoms with Gasteiger partial charge in [0.05, 0.1) is 17.2 Å². The van der Waals surface area contributed by atoms with Crippen molar-refractivity contribution in [2.24, 2.45) is 0 Å². The summed E-state index contributed by atoms with van der Waals surface area (Å²) >= 11 is 4.38. The van der Waals surface area contributed by atoms with E-state index in [1.165, 1.54) is 23.1 Å². The van der Waals surface area contributed by atoms with Crippen molar-refractivity contribution in [2.45, 2.75) is 17.1 Å². The predicted molar refractivity (Wildman–Crippen MR) is 204 cm³/mol. The zero-order valence-corrected chi connectivity index (χ0v) is 29.3. The van der Waals surface area contributed by atoms with Crippen molar-refractivity contribution in [3.05, 3.63) is 154 Å². The summed E-state index contributed by atoms with van der Waals surface area (Å²) in [5.74, 6) is -0.379. The molecular formula is C39H32N4O4S3. The third-order valence-corrected chi connectivity index (χ3v) is 10.2. The molecule has 250 valence electrons. The molecule has 6 rings (SSSR count). The summed E-state index contributed by atoms with van der Waals surface area (Å²) in [5, 5.41) is 12.6. The lowest BCUT2D eigenvalue weighted by Crippen LogP contribution is -2.30. The Morgan fingerprint density at radius 1 is 0.820 bits per heavy atom. The first-order valence-electron chi connectivity index (χ1n) is 15.7. The van der Waals surface area contributed by atoms with E-state index in [9.17, 15) is 14.4 Å². The Morgan fingerprint density at radius 3 is 2.22 bits per heavy atom. The van der Waals surface area contributed by atoms with Crippen LogP contribution in [0.1, 0.15) is 33.7 Å². The second kappa shape index (κ2) is 16.8. The molecule has 0 radical (unpaired) electrons. The van der Waals surface area contributed by atoms with Gasteiger partial charge in [-0.15, -0.1) is 34.4 Å². The standard InChI is InChI=1S/C39H32N4O4S3/c1-2-47-30-19-15-26(16-20-30)24-32(41-36(44)28-12-7-4-8-13-28)37(45)40-29-17-21-31(22-18-29)50-35(27-10-5-3-6-11-27)38(46)43-39-42-33(25-49-39)34-14-9-23-48-34/h3-25,35H,2H2,1H3,(H,40,45)(H,41,44)(H,42,43,46)/b32-24-. The summed E-state index contributed by atoms with van der Waals surface area (Å²) in [7, 11) is 0. The van der Waals surface area contributed by atoms with Gasteiger partial charge in [-0.1, -0.05) is 66.7 Å². The number of nitrogens with one attached hydrogen (secondary N) is 3. The minimum absolute atomic E-state index is 0.0756. The van der Waals surface area contributed by atoms with Crippen LogP contribution in [0, 0.1) is 0 Å². The lowest BCUT2D eigenvalue weighted by molar-refractivity contribution is -0.116. The van der Waals surface area contributed by atoms with Gasteiger partial charge >= 0.3 is 0 Å². The van der Waals surface area contributed by atoms with Crippen molar-refractivity contribution in [1.29, 1.82) is 0 Å². The second-order valence-electron chi connectivity index (χ2n) is 10.8. The van der Waals surface area contributed by atoms with E-state index in [0.29, 0.717) is 34.3 Å². The van der Waals surface area contributed by atoms with E-state index in [1.54, 1.807) is 53.8 Å². The summed E-state index contributed by atoms with van der Waals surface area (Å²) < 4.78 is 5.53. The topological polar surface area (TPSA) is 109 Å². The third-order valence-electron chi connectivity index (χ3n) is 7.25. The van der Waals surface area contributed by atoms with Gasteiger partial charge in [-0.2, -0.15) is 0 Å². The molecule has 1 atom stereocenters. The fraction of sp³-hybridized carbons (Fsp3) is 0.0769. The lowest BCUT2D eigenvalue weighted by Gasteiger charge is -2.17. The molecule has 8 nitrogen and oxygen atoms in total. The van der Waals surface area contributed by atoms with Gasteiger partial charge in [0, 0.05) is 21.5 Å². The number of nitrogens with zero attached hydrogens (tertiary/aromatic N) is 1. The van der Waals surface area contributed by atoms with Gasteiger partial charge in [0.25, 0.3) is 11.8 Å². The van der Waals surface area contributed by atoms with Crippen molar-refractivity contribution < 1.29 is 19.1 Å². The van der Waals surface area contributed by atoms with Gasteiger partial charge in [0.15, 0.2) is 5.13 Å². The van der Waals surface area contributed by atoms with E-state index in [1.807, 2.05) is 103 Å². The average molecular weight is 717 g/mol. The van der Waals surface area contributed by atoms with Crippen LogP contribution < -0.4 is 20.7 Å². The van der Waals surface area contributed by atoms with Crippen LogP contribution in [-0.4, -0.2) is 29.3 Å². The fourth-order valence-electron chi connectivity index (χ4n) is 4.83. The molecule has 0 saturated carbocycles. The first kappa shape index (κ1) is 34.4. The number of anilines is 2. The number of carbonyl (C=O) groups excluding carboxylic acids is 3. The molecule has 0 fully saturated rings. The van der Waals surface area contributed by atoms with Crippen molar-refractivity contribution in [2.75, 3.05) is 17.2 Å². The van der Waals surface area contributed by atoms with E-state index < -0.39 is 17.1 Å². The Morgan fingerprint density at radius 2 is 1.54 bits per heavy atom. The third kappa shape index (κ3) is 9.14. The summed E-state index contributed by atoms with van der Waals surface area (Å²) in [5.41, 5.74) is 3.42. The summed E-state index contributed by atoms with van der Waals surface area (Å²) in [6.45, 7) is 2.45. The number of aromatic nitrogens is 1. The van der Waals surface area contributed by atoms with Crippen molar-refractivity contribution >= 4 is 69.1 Å². The maximum absolute atomic E-state index is 13.6. The Balaban J connectivity index is 1.17. The molecular weight excluding hydrogens is 685 g/mol. The number of benzene rings is 4. The van der Waals surface area contributed by atoms with Crippen LogP contribution in [-0.2, 0) is 9.59 Å². The van der Waals surface area contributed by atoms with E-state index >= 15 is 0 Å². The molecule has 0 aliphatic carbocycles. The fourth-order valence-corrected chi connectivity index (χ4v) is 7.33. The van der Waals surface area contributed by atoms with Crippen LogP contribution in [0.15, 0.2) is 143 Å². The van der Waals surface area contributed by atoms with Crippen molar-refractivity contribution in [1.82, 2.24) is 10.3 Å². The molecule has 1 unspecified atom stereocenters. The number of hydrogen-bond acceptors (Lipinski definition) is 8. The van der Waals surface area contributed by atoms with Gasteiger partial charge in [-0.05, 0) is 84.1 Å². The molecule has 3 amide bonds. The van der Waals surface area contributed by atoms with E-state index in [2.05, 4.69) is 20.9 Å². The number of ether oxygens (including phenoxy) is 1. The highest BCUT2D eigenvalue weighted by Crippen LogP contribution is 2.37. The molecule has 0 aliphatic rings. The highest BCUT2D eigenvalue weighted by molar-refractivity contribution is 8.00. The smallest absolute Gasteiger partial charge is 0.272 e. The minimum atomic E-state index is -0.553. The van der Waals surface area contributed by atoms with E-state index in [4.69, 9.17) is 4.74 Å². The minimum Gasteiger partial charge on any atom is -0.494 e. The predicted octanol–water partition coefficient (Wildman–Crippen LogP) is 9.15. The molecule has 0 spiro atoms. The van der Waals surface area contributed by atoms with Gasteiger partial charge < -0.3 is 20.7 Å². The molecule has 3 N–H and O–H groups in total. The Kier molecular flexibility index (Phi) is 11.5. The molecule has 50 heavy (non-hydrogen) atoms. The summed E-state index contributed by atoms with van der Waals surface area (Å²) in [6.07, 6.45) is 1.62. The molecule has 0 saturated heterocycles. The highest BCUT2D eigenvalue weighted by Gasteiger charge is 2.24. The Hall–Kier alpha value is -5.49. The molecule has 0 aliphatic heterocycles. The number of carbonyl (C=O) groups is 3. The summed E-state index contributed by atoms with van der Waals surface area (Å²) in [4.78, 5) is 46.7. The molecule has 0 bridgehead atoms. The normalized spacial score (nSPS) is 11.7. The van der Waals surface area contributed by atoms with Crippen LogP contribution in [0.5, 0.6) is 5.75 Å². The number of rotatable bonds is 13. The first-order chi connectivity index (χ1) is 24.4. The number of thiazole rings is 1. The Labute approximate surface area is 302 Å². The van der Waals surface area contributed by atoms with Crippen LogP contribution >= 0.6 is 34.4 Å².